The van der Waals surface area contributed by atoms with Gasteiger partial charge in [0.2, 0.25) is 5.91 Å². The number of nitrogens with one attached hydrogen (secondary N) is 1. The van der Waals surface area contributed by atoms with E-state index in [0.29, 0.717) is 36.3 Å². The molecule has 3 rings (SSSR count). The van der Waals surface area contributed by atoms with E-state index in [1.807, 2.05) is 0 Å². The van der Waals surface area contributed by atoms with Crippen LogP contribution < -0.4 is 10.1 Å². The van der Waals surface area contributed by atoms with Crippen molar-refractivity contribution in [2.24, 2.45) is 0 Å². The maximum absolute atomic E-state index is 13.0. The van der Waals surface area contributed by atoms with E-state index in [0.717, 1.165) is 0 Å². The van der Waals surface area contributed by atoms with Crippen molar-refractivity contribution in [2.45, 2.75) is 57.4 Å². The number of hydrogen-bond acceptors (Lipinski definition) is 6. The molecular formula is C20H25N3O5. The maximum Gasteiger partial charge on any atom is 0.410 e. The first kappa shape index (κ1) is 20.0. The van der Waals surface area contributed by atoms with Crippen LogP contribution >= 0.6 is 0 Å². The highest BCUT2D eigenvalue weighted by Gasteiger charge is 2.45. The number of hydrogen-bond donors (Lipinski definition) is 2. The first-order valence-electron chi connectivity index (χ1n) is 9.43. The fraction of sp³-hybridized carbons (Fsp3) is 0.550. The number of aliphatic hydroxyl groups is 1. The Bertz CT molecular complexity index is 817. The minimum atomic E-state index is -1.03. The highest BCUT2D eigenvalue weighted by Crippen LogP contribution is 2.40. The van der Waals surface area contributed by atoms with Gasteiger partial charge in [-0.25, -0.2) is 4.79 Å². The van der Waals surface area contributed by atoms with Crippen molar-refractivity contribution >= 4 is 12.0 Å². The van der Waals surface area contributed by atoms with Gasteiger partial charge in [-0.2, -0.15) is 5.26 Å². The van der Waals surface area contributed by atoms with E-state index in [4.69, 9.17) is 9.47 Å². The molecule has 0 radical (unpaired) electrons. The number of carbonyl (C=O) groups excluding carboxylic acids is 2. The third-order valence-electron chi connectivity index (χ3n) is 5.23. The maximum atomic E-state index is 13.0. The number of nitrogens with zero attached hydrogens (tertiary/aromatic N) is 2. The molecule has 2 unspecified atom stereocenters. The van der Waals surface area contributed by atoms with Crippen LogP contribution in [-0.2, 0) is 9.53 Å². The SMILES string of the molecule is CCOC(=O)N1CCC[C@H]1C(=O)NC1c2cc(C#N)ccc2OC(C)(C)C1O. The summed E-state index contributed by atoms with van der Waals surface area (Å²) in [5, 5.41) is 22.9. The Morgan fingerprint density at radius 2 is 2.21 bits per heavy atom. The van der Waals surface area contributed by atoms with Gasteiger partial charge in [-0.05, 0) is 51.8 Å². The molecule has 1 saturated heterocycles. The van der Waals surface area contributed by atoms with Gasteiger partial charge in [0.1, 0.15) is 23.5 Å². The molecule has 1 aromatic carbocycles. The summed E-state index contributed by atoms with van der Waals surface area (Å²) in [6.45, 7) is 5.87. The Kier molecular flexibility index (Phi) is 5.47. The molecule has 8 heteroatoms. The minimum absolute atomic E-state index is 0.237. The average molecular weight is 387 g/mol. The smallest absolute Gasteiger partial charge is 0.410 e. The molecule has 1 fully saturated rings. The molecule has 8 nitrogen and oxygen atoms in total. The van der Waals surface area contributed by atoms with Gasteiger partial charge in [-0.15, -0.1) is 0 Å². The first-order chi connectivity index (χ1) is 13.3. The molecule has 0 bridgehead atoms. The summed E-state index contributed by atoms with van der Waals surface area (Å²) in [5.41, 5.74) is 0.0118. The molecule has 3 atom stereocenters. The standard InChI is InChI=1S/C20H25N3O5/c1-4-27-19(26)23-9-5-6-14(23)18(25)22-16-13-10-12(11-21)7-8-15(13)28-20(2,3)17(16)24/h7-8,10,14,16-17,24H,4-6,9H2,1-3H3,(H,22,25)/t14-,16?,17?/m0/s1. The molecule has 28 heavy (non-hydrogen) atoms. The molecular weight excluding hydrogens is 362 g/mol. The number of carbonyl (C=O) groups is 2. The number of benzene rings is 1. The number of nitriles is 1. The molecule has 0 saturated carbocycles. The zero-order chi connectivity index (χ0) is 20.5. The molecule has 0 aliphatic carbocycles. The summed E-state index contributed by atoms with van der Waals surface area (Å²) in [6.07, 6.45) is -0.317. The fourth-order valence-electron chi connectivity index (χ4n) is 3.74. The minimum Gasteiger partial charge on any atom is -0.485 e. The van der Waals surface area contributed by atoms with Crippen LogP contribution in [0.25, 0.3) is 0 Å². The van der Waals surface area contributed by atoms with Gasteiger partial charge in [0, 0.05) is 12.1 Å². The molecule has 2 heterocycles. The lowest BCUT2D eigenvalue weighted by Crippen LogP contribution is -2.56. The van der Waals surface area contributed by atoms with Crippen LogP contribution in [0.2, 0.25) is 0 Å². The van der Waals surface area contributed by atoms with E-state index >= 15 is 0 Å². The Morgan fingerprint density at radius 1 is 1.46 bits per heavy atom. The van der Waals surface area contributed by atoms with Gasteiger partial charge < -0.3 is 19.9 Å². The van der Waals surface area contributed by atoms with Gasteiger partial charge in [0.05, 0.1) is 24.3 Å². The number of ether oxygens (including phenoxy) is 2. The van der Waals surface area contributed by atoms with Crippen molar-refractivity contribution in [3.8, 4) is 11.8 Å². The highest BCUT2D eigenvalue weighted by molar-refractivity contribution is 5.86. The number of rotatable bonds is 3. The lowest BCUT2D eigenvalue weighted by molar-refractivity contribution is -0.129. The van der Waals surface area contributed by atoms with E-state index in [1.54, 1.807) is 39.0 Å². The van der Waals surface area contributed by atoms with Gasteiger partial charge in [0.25, 0.3) is 0 Å². The number of fused-ring (bicyclic) bond motifs is 1. The average Bonchev–Trinajstić information content (AvgIpc) is 3.15. The van der Waals surface area contributed by atoms with Gasteiger partial charge in [-0.1, -0.05) is 0 Å². The summed E-state index contributed by atoms with van der Waals surface area (Å²) in [6, 6.07) is 5.55. The summed E-state index contributed by atoms with van der Waals surface area (Å²) in [4.78, 5) is 26.5. The lowest BCUT2D eigenvalue weighted by atomic mass is 9.85. The number of amides is 2. The number of aliphatic hydroxyl groups excluding tert-OH is 1. The predicted octanol–water partition coefficient (Wildman–Crippen LogP) is 1.87. The second-order valence-corrected chi connectivity index (χ2v) is 7.55. The molecule has 1 aromatic rings. The topological polar surface area (TPSA) is 112 Å². The third kappa shape index (κ3) is 3.62. The monoisotopic (exact) mass is 387 g/mol. The Balaban J connectivity index is 1.87. The Morgan fingerprint density at radius 3 is 2.89 bits per heavy atom. The van der Waals surface area contributed by atoms with Gasteiger partial charge in [-0.3, -0.25) is 9.69 Å². The Hall–Kier alpha value is -2.79. The van der Waals surface area contributed by atoms with Crippen LogP contribution in [-0.4, -0.2) is 52.9 Å². The van der Waals surface area contributed by atoms with Crippen molar-refractivity contribution in [2.75, 3.05) is 13.2 Å². The van der Waals surface area contributed by atoms with Crippen LogP contribution in [0, 0.1) is 11.3 Å². The molecule has 0 aromatic heterocycles. The summed E-state index contributed by atoms with van der Waals surface area (Å²) in [5.74, 6) is 0.147. The zero-order valence-electron chi connectivity index (χ0n) is 16.3. The zero-order valence-corrected chi connectivity index (χ0v) is 16.3. The second-order valence-electron chi connectivity index (χ2n) is 7.55. The summed E-state index contributed by atoms with van der Waals surface area (Å²) in [7, 11) is 0. The second kappa shape index (κ2) is 7.68. The lowest BCUT2D eigenvalue weighted by Gasteiger charge is -2.42. The van der Waals surface area contributed by atoms with Crippen LogP contribution in [0.3, 0.4) is 0 Å². The van der Waals surface area contributed by atoms with Crippen LogP contribution in [0.5, 0.6) is 5.75 Å². The van der Waals surface area contributed by atoms with Crippen molar-refractivity contribution in [1.82, 2.24) is 10.2 Å². The van der Waals surface area contributed by atoms with Crippen molar-refractivity contribution in [3.05, 3.63) is 29.3 Å². The predicted molar refractivity (Wildman–Crippen MR) is 99.5 cm³/mol. The molecule has 150 valence electrons. The largest absolute Gasteiger partial charge is 0.485 e. The van der Waals surface area contributed by atoms with E-state index in [-0.39, 0.29) is 12.5 Å². The quantitative estimate of drug-likeness (QED) is 0.819. The van der Waals surface area contributed by atoms with Crippen molar-refractivity contribution in [3.63, 3.8) is 0 Å². The van der Waals surface area contributed by atoms with Gasteiger partial charge >= 0.3 is 6.09 Å². The van der Waals surface area contributed by atoms with E-state index in [9.17, 15) is 20.0 Å². The molecule has 2 aliphatic rings. The molecule has 0 spiro atoms. The summed E-state index contributed by atoms with van der Waals surface area (Å²) < 4.78 is 10.9. The molecule has 2 aliphatic heterocycles. The van der Waals surface area contributed by atoms with Crippen molar-refractivity contribution in [1.29, 1.82) is 5.26 Å². The molecule has 2 amide bonds. The van der Waals surface area contributed by atoms with E-state index < -0.39 is 29.9 Å². The summed E-state index contributed by atoms with van der Waals surface area (Å²) >= 11 is 0. The van der Waals surface area contributed by atoms with Crippen molar-refractivity contribution < 1.29 is 24.2 Å². The van der Waals surface area contributed by atoms with Crippen LogP contribution in [0.1, 0.15) is 50.8 Å². The Labute approximate surface area is 164 Å². The van der Waals surface area contributed by atoms with Crippen LogP contribution in [0.4, 0.5) is 4.79 Å². The normalized spacial score (nSPS) is 25.2. The van der Waals surface area contributed by atoms with E-state index in [1.165, 1.54) is 4.90 Å². The third-order valence-corrected chi connectivity index (χ3v) is 5.23. The highest BCUT2D eigenvalue weighted by atomic mass is 16.6. The van der Waals surface area contributed by atoms with Gasteiger partial charge in [0.15, 0.2) is 0 Å². The molecule has 2 N–H and O–H groups in total. The van der Waals surface area contributed by atoms with Crippen LogP contribution in [0.15, 0.2) is 18.2 Å². The van der Waals surface area contributed by atoms with E-state index in [2.05, 4.69) is 11.4 Å². The first-order valence-corrected chi connectivity index (χ1v) is 9.43. The number of likely N-dealkylation sites (tertiary alicyclic amines) is 1. The fourth-order valence-corrected chi connectivity index (χ4v) is 3.74.